The first-order valence-electron chi connectivity index (χ1n) is 4.96. The number of esters is 1. The molecule has 0 saturated heterocycles. The van der Waals surface area contributed by atoms with Crippen molar-refractivity contribution in [2.45, 2.75) is 12.2 Å². The molecule has 0 aromatic carbocycles. The molecule has 0 unspecified atom stereocenters. The first-order valence-corrected chi connectivity index (χ1v) is 6.11. The second-order valence-electron chi connectivity index (χ2n) is 3.22. The molecule has 6 heteroatoms. The third-order valence-electron chi connectivity index (χ3n) is 2.00. The van der Waals surface area contributed by atoms with Gasteiger partial charge in [0.15, 0.2) is 0 Å². The molecule has 1 aromatic heterocycles. The zero-order chi connectivity index (χ0) is 12.7. The third kappa shape index (κ3) is 4.86. The van der Waals surface area contributed by atoms with E-state index < -0.39 is 5.97 Å². The number of aromatic nitrogens is 1. The van der Waals surface area contributed by atoms with Crippen molar-refractivity contribution >= 4 is 23.7 Å². The molecule has 0 amide bonds. The number of rotatable bonds is 6. The number of pyridine rings is 1. The Morgan fingerprint density at radius 2 is 2.24 bits per heavy atom. The number of hydrogen-bond acceptors (Lipinski definition) is 5. The van der Waals surface area contributed by atoms with Crippen LogP contribution in [0.1, 0.15) is 22.5 Å². The molecule has 5 nitrogen and oxygen atoms in total. The number of aromatic carboxylic acids is 1. The molecule has 92 valence electrons. The number of carboxylic acids is 1. The molecule has 1 N–H and O–H groups in total. The van der Waals surface area contributed by atoms with E-state index in [1.807, 2.05) is 0 Å². The van der Waals surface area contributed by atoms with Crippen LogP contribution in [0.15, 0.2) is 18.3 Å². The summed E-state index contributed by atoms with van der Waals surface area (Å²) in [6.45, 7) is 0. The van der Waals surface area contributed by atoms with Gasteiger partial charge in [-0.1, -0.05) is 0 Å². The van der Waals surface area contributed by atoms with E-state index in [4.69, 9.17) is 5.11 Å². The molecule has 1 heterocycles. The van der Waals surface area contributed by atoms with Crippen molar-refractivity contribution in [3.05, 3.63) is 29.6 Å². The highest BCUT2D eigenvalue weighted by atomic mass is 32.2. The monoisotopic (exact) mass is 255 g/mol. The van der Waals surface area contributed by atoms with Gasteiger partial charge < -0.3 is 9.84 Å². The van der Waals surface area contributed by atoms with Crippen LogP contribution in [0.25, 0.3) is 0 Å². The van der Waals surface area contributed by atoms with Crippen LogP contribution in [0, 0.1) is 0 Å². The summed E-state index contributed by atoms with van der Waals surface area (Å²) in [6.07, 6.45) is 1.70. The fourth-order valence-electron chi connectivity index (χ4n) is 1.07. The largest absolute Gasteiger partial charge is 0.478 e. The van der Waals surface area contributed by atoms with Crippen LogP contribution >= 0.6 is 11.8 Å². The van der Waals surface area contributed by atoms with E-state index in [9.17, 15) is 9.59 Å². The van der Waals surface area contributed by atoms with E-state index in [-0.39, 0.29) is 11.5 Å². The van der Waals surface area contributed by atoms with Crippen molar-refractivity contribution in [3.63, 3.8) is 0 Å². The smallest absolute Gasteiger partial charge is 0.337 e. The molecule has 0 radical (unpaired) electrons. The van der Waals surface area contributed by atoms with E-state index >= 15 is 0 Å². The Labute approximate surface area is 103 Å². The van der Waals surface area contributed by atoms with Gasteiger partial charge in [0.1, 0.15) is 0 Å². The first kappa shape index (κ1) is 13.5. The first-order chi connectivity index (χ1) is 8.13. The predicted octanol–water partition coefficient (Wildman–Crippen LogP) is 1.58. The van der Waals surface area contributed by atoms with E-state index in [0.717, 1.165) is 5.69 Å². The van der Waals surface area contributed by atoms with Crippen LogP contribution in [0.2, 0.25) is 0 Å². The van der Waals surface area contributed by atoms with E-state index in [1.165, 1.54) is 19.4 Å². The van der Waals surface area contributed by atoms with E-state index in [2.05, 4.69) is 9.72 Å². The Morgan fingerprint density at radius 1 is 1.47 bits per heavy atom. The summed E-state index contributed by atoms with van der Waals surface area (Å²) in [5.41, 5.74) is 0.971. The van der Waals surface area contributed by atoms with Crippen molar-refractivity contribution in [1.29, 1.82) is 0 Å². The van der Waals surface area contributed by atoms with E-state index in [1.54, 1.807) is 17.8 Å². The maximum Gasteiger partial charge on any atom is 0.337 e. The summed E-state index contributed by atoms with van der Waals surface area (Å²) >= 11 is 1.55. The number of ether oxygens (including phenoxy) is 1. The van der Waals surface area contributed by atoms with Gasteiger partial charge in [-0.05, 0) is 12.1 Å². The Balaban J connectivity index is 2.32. The van der Waals surface area contributed by atoms with Crippen LogP contribution in [0.5, 0.6) is 0 Å². The molecule has 0 atom stereocenters. The number of carboxylic acid groups (broad SMARTS) is 1. The second kappa shape index (κ2) is 6.90. The number of thioether (sulfide) groups is 1. The van der Waals surface area contributed by atoms with Crippen LogP contribution in [-0.4, -0.2) is 34.9 Å². The number of methoxy groups -OCH3 is 1. The van der Waals surface area contributed by atoms with Crippen LogP contribution in [-0.2, 0) is 15.3 Å². The lowest BCUT2D eigenvalue weighted by atomic mass is 10.2. The number of hydrogen-bond donors (Lipinski definition) is 1. The molecule has 0 aliphatic carbocycles. The SMILES string of the molecule is COC(=O)CCSCc1ccc(C(=O)O)cn1. The lowest BCUT2D eigenvalue weighted by Crippen LogP contribution is -2.01. The lowest BCUT2D eigenvalue weighted by Gasteiger charge is -2.01. The minimum atomic E-state index is -0.984. The molecular formula is C11H13NO4S. The summed E-state index contributed by atoms with van der Waals surface area (Å²) in [5, 5.41) is 8.68. The molecule has 0 aliphatic heterocycles. The van der Waals surface area contributed by atoms with Crippen molar-refractivity contribution in [2.75, 3.05) is 12.9 Å². The zero-order valence-corrected chi connectivity index (χ0v) is 10.2. The molecule has 0 spiro atoms. The zero-order valence-electron chi connectivity index (χ0n) is 9.38. The van der Waals surface area contributed by atoms with Gasteiger partial charge >= 0.3 is 11.9 Å². The maximum atomic E-state index is 10.8. The standard InChI is InChI=1S/C11H13NO4S/c1-16-10(13)4-5-17-7-9-3-2-8(6-12-9)11(14)15/h2-3,6H,4-5,7H2,1H3,(H,14,15). The molecule has 1 aromatic rings. The highest BCUT2D eigenvalue weighted by molar-refractivity contribution is 7.98. The van der Waals surface area contributed by atoms with Crippen molar-refractivity contribution in [3.8, 4) is 0 Å². The average Bonchev–Trinajstić information content (AvgIpc) is 2.34. The number of nitrogens with zero attached hydrogens (tertiary/aromatic N) is 1. The van der Waals surface area contributed by atoms with Gasteiger partial charge in [0.25, 0.3) is 0 Å². The topological polar surface area (TPSA) is 76.5 Å². The van der Waals surface area contributed by atoms with E-state index in [0.29, 0.717) is 17.9 Å². The summed E-state index contributed by atoms with van der Waals surface area (Å²) in [4.78, 5) is 25.4. The minimum absolute atomic E-state index is 0.174. The van der Waals surface area contributed by atoms with Crippen LogP contribution in [0.3, 0.4) is 0 Å². The Hall–Kier alpha value is -1.56. The quantitative estimate of drug-likeness (QED) is 0.614. The number of carbonyl (C=O) groups is 2. The third-order valence-corrected chi connectivity index (χ3v) is 2.99. The molecule has 0 aliphatic rings. The fraction of sp³-hybridized carbons (Fsp3) is 0.364. The lowest BCUT2D eigenvalue weighted by molar-refractivity contribution is -0.140. The van der Waals surface area contributed by atoms with Gasteiger partial charge in [0.2, 0.25) is 0 Å². The Kier molecular flexibility index (Phi) is 5.48. The summed E-state index contributed by atoms with van der Waals surface area (Å²) in [6, 6.07) is 3.19. The van der Waals surface area contributed by atoms with Crippen LogP contribution in [0.4, 0.5) is 0 Å². The molecule has 1 rings (SSSR count). The molecule has 0 bridgehead atoms. The van der Waals surface area contributed by atoms with Crippen molar-refractivity contribution in [1.82, 2.24) is 4.98 Å². The molecule has 0 saturated carbocycles. The summed E-state index contributed by atoms with van der Waals surface area (Å²) in [7, 11) is 1.36. The number of carbonyl (C=O) groups excluding carboxylic acids is 1. The highest BCUT2D eigenvalue weighted by Gasteiger charge is 2.04. The van der Waals surface area contributed by atoms with Crippen LogP contribution < -0.4 is 0 Å². The van der Waals surface area contributed by atoms with Gasteiger partial charge in [0.05, 0.1) is 24.8 Å². The normalized spacial score (nSPS) is 9.94. The second-order valence-corrected chi connectivity index (χ2v) is 4.33. The molecule has 0 fully saturated rings. The van der Waals surface area contributed by atoms with Gasteiger partial charge in [-0.15, -0.1) is 0 Å². The van der Waals surface area contributed by atoms with Gasteiger partial charge in [-0.25, -0.2) is 4.79 Å². The molecule has 17 heavy (non-hydrogen) atoms. The Bertz CT molecular complexity index is 391. The predicted molar refractivity (Wildman–Crippen MR) is 64.0 cm³/mol. The van der Waals surface area contributed by atoms with Gasteiger partial charge in [-0.2, -0.15) is 11.8 Å². The minimum Gasteiger partial charge on any atom is -0.478 e. The fourth-order valence-corrected chi connectivity index (χ4v) is 1.91. The van der Waals surface area contributed by atoms with Crippen molar-refractivity contribution in [2.24, 2.45) is 0 Å². The van der Waals surface area contributed by atoms with Crippen molar-refractivity contribution < 1.29 is 19.4 Å². The molecular weight excluding hydrogens is 242 g/mol. The average molecular weight is 255 g/mol. The van der Waals surface area contributed by atoms with Gasteiger partial charge in [0, 0.05) is 17.7 Å². The maximum absolute atomic E-state index is 10.8. The van der Waals surface area contributed by atoms with Gasteiger partial charge in [-0.3, -0.25) is 9.78 Å². The highest BCUT2D eigenvalue weighted by Crippen LogP contribution is 2.11. The Morgan fingerprint density at radius 3 is 2.76 bits per heavy atom. The summed E-state index contributed by atoms with van der Waals surface area (Å²) < 4.78 is 4.51. The summed E-state index contributed by atoms with van der Waals surface area (Å²) in [5.74, 6) is 0.0976.